The zero-order chi connectivity index (χ0) is 21.1. The van der Waals surface area contributed by atoms with Crippen LogP contribution in [0.15, 0.2) is 42.5 Å². The van der Waals surface area contributed by atoms with E-state index in [0.717, 1.165) is 53.7 Å². The van der Waals surface area contributed by atoms with E-state index in [4.69, 9.17) is 9.47 Å². The van der Waals surface area contributed by atoms with Gasteiger partial charge in [-0.1, -0.05) is 18.2 Å². The number of piperazine rings is 1. The first-order valence-electron chi connectivity index (χ1n) is 10.00. The van der Waals surface area contributed by atoms with Crippen molar-refractivity contribution in [1.29, 1.82) is 0 Å². The number of thiazole rings is 1. The van der Waals surface area contributed by atoms with Gasteiger partial charge in [0.15, 0.2) is 11.5 Å². The van der Waals surface area contributed by atoms with Crippen molar-refractivity contribution in [2.75, 3.05) is 47.4 Å². The fourth-order valence-corrected chi connectivity index (χ4v) is 4.62. The third-order valence-electron chi connectivity index (χ3n) is 5.43. The smallest absolute Gasteiger partial charge is 0.230 e. The van der Waals surface area contributed by atoms with Gasteiger partial charge < -0.3 is 19.5 Å². The SMILES string of the molecule is COc1ccc(-c2nc(O)c(-c3cccc(CN4CCN(C)CC4)c3)s2)cc1OC.Cl.Cl.Cl. The van der Waals surface area contributed by atoms with Crippen LogP contribution in [0, 0.1) is 0 Å². The number of nitrogens with zero attached hydrogens (tertiary/aromatic N) is 3. The molecule has 0 atom stereocenters. The van der Waals surface area contributed by atoms with Crippen LogP contribution in [0.1, 0.15) is 5.56 Å². The molecule has 0 aliphatic carbocycles. The Bertz CT molecular complexity index is 1030. The van der Waals surface area contributed by atoms with E-state index < -0.39 is 0 Å². The first-order valence-corrected chi connectivity index (χ1v) is 10.8. The molecule has 4 rings (SSSR count). The summed E-state index contributed by atoms with van der Waals surface area (Å²) in [7, 11) is 5.39. The molecule has 1 N–H and O–H groups in total. The quantitative estimate of drug-likeness (QED) is 0.468. The van der Waals surface area contributed by atoms with Gasteiger partial charge in [-0.15, -0.1) is 48.6 Å². The summed E-state index contributed by atoms with van der Waals surface area (Å²) in [5, 5.41) is 11.3. The summed E-state index contributed by atoms with van der Waals surface area (Å²) < 4.78 is 10.7. The molecule has 2 heterocycles. The maximum Gasteiger partial charge on any atom is 0.230 e. The van der Waals surface area contributed by atoms with E-state index in [2.05, 4.69) is 40.0 Å². The lowest BCUT2D eigenvalue weighted by atomic mass is 10.1. The molecule has 6 nitrogen and oxygen atoms in total. The summed E-state index contributed by atoms with van der Waals surface area (Å²) in [5.74, 6) is 1.36. The van der Waals surface area contributed by atoms with Crippen molar-refractivity contribution >= 4 is 48.6 Å². The van der Waals surface area contributed by atoms with Gasteiger partial charge in [0.05, 0.1) is 19.1 Å². The van der Waals surface area contributed by atoms with Crippen LogP contribution >= 0.6 is 48.6 Å². The second-order valence-corrected chi connectivity index (χ2v) is 8.52. The molecular weight excluding hydrogens is 505 g/mol. The van der Waals surface area contributed by atoms with Gasteiger partial charge >= 0.3 is 0 Å². The molecule has 0 spiro atoms. The molecule has 182 valence electrons. The minimum absolute atomic E-state index is 0. The van der Waals surface area contributed by atoms with Gasteiger partial charge in [0.1, 0.15) is 5.01 Å². The van der Waals surface area contributed by atoms with E-state index >= 15 is 0 Å². The molecule has 1 fully saturated rings. The molecule has 33 heavy (non-hydrogen) atoms. The van der Waals surface area contributed by atoms with Crippen LogP contribution in [0.4, 0.5) is 0 Å². The number of likely N-dealkylation sites (N-methyl/N-ethyl adjacent to an activating group) is 1. The number of methoxy groups -OCH3 is 2. The van der Waals surface area contributed by atoms with Crippen molar-refractivity contribution < 1.29 is 14.6 Å². The second kappa shape index (κ2) is 13.2. The second-order valence-electron chi connectivity index (χ2n) is 7.52. The highest BCUT2D eigenvalue weighted by molar-refractivity contribution is 7.18. The molecule has 3 aromatic rings. The lowest BCUT2D eigenvalue weighted by Gasteiger charge is -2.32. The maximum absolute atomic E-state index is 10.5. The lowest BCUT2D eigenvalue weighted by molar-refractivity contribution is 0.148. The summed E-state index contributed by atoms with van der Waals surface area (Å²) in [6.07, 6.45) is 0. The number of halogens is 3. The summed E-state index contributed by atoms with van der Waals surface area (Å²) in [4.78, 5) is 10.0. The predicted octanol–water partition coefficient (Wildman–Crippen LogP) is 5.21. The molecule has 1 aromatic heterocycles. The van der Waals surface area contributed by atoms with E-state index in [9.17, 15) is 5.11 Å². The largest absolute Gasteiger partial charge is 0.493 e. The Morgan fingerprint density at radius 1 is 0.909 bits per heavy atom. The number of hydrogen-bond donors (Lipinski definition) is 1. The van der Waals surface area contributed by atoms with Crippen LogP contribution in [-0.2, 0) is 6.54 Å². The molecule has 1 aliphatic heterocycles. The van der Waals surface area contributed by atoms with Crippen molar-refractivity contribution in [2.24, 2.45) is 0 Å². The zero-order valence-electron chi connectivity index (χ0n) is 18.8. The Morgan fingerprint density at radius 2 is 1.61 bits per heavy atom. The molecule has 10 heteroatoms. The van der Waals surface area contributed by atoms with Crippen molar-refractivity contribution in [3.63, 3.8) is 0 Å². The molecule has 0 bridgehead atoms. The van der Waals surface area contributed by atoms with Crippen molar-refractivity contribution in [2.45, 2.75) is 6.54 Å². The van der Waals surface area contributed by atoms with Gasteiger partial charge in [-0.3, -0.25) is 4.90 Å². The Morgan fingerprint density at radius 3 is 2.27 bits per heavy atom. The maximum atomic E-state index is 10.5. The van der Waals surface area contributed by atoms with Crippen molar-refractivity contribution in [3.8, 4) is 38.4 Å². The van der Waals surface area contributed by atoms with Crippen LogP contribution in [0.3, 0.4) is 0 Å². The number of aromatic nitrogens is 1. The van der Waals surface area contributed by atoms with Crippen LogP contribution in [0.2, 0.25) is 0 Å². The average Bonchev–Trinajstić information content (AvgIpc) is 3.16. The molecule has 1 aliphatic rings. The third kappa shape index (κ3) is 6.88. The molecule has 0 unspecified atom stereocenters. The third-order valence-corrected chi connectivity index (χ3v) is 6.57. The molecule has 1 saturated heterocycles. The van der Waals surface area contributed by atoms with Crippen LogP contribution in [0.5, 0.6) is 17.4 Å². The van der Waals surface area contributed by atoms with Gasteiger partial charge in [0, 0.05) is 38.3 Å². The summed E-state index contributed by atoms with van der Waals surface area (Å²) in [6, 6.07) is 14.0. The van der Waals surface area contributed by atoms with Gasteiger partial charge in [0.2, 0.25) is 5.88 Å². The van der Waals surface area contributed by atoms with Crippen molar-refractivity contribution in [3.05, 3.63) is 48.0 Å². The summed E-state index contributed by atoms with van der Waals surface area (Å²) >= 11 is 1.48. The van der Waals surface area contributed by atoms with Crippen LogP contribution < -0.4 is 9.47 Å². The van der Waals surface area contributed by atoms with Gasteiger partial charge in [0.25, 0.3) is 0 Å². The fraction of sp³-hybridized carbons (Fsp3) is 0.348. The highest BCUT2D eigenvalue weighted by Crippen LogP contribution is 2.41. The number of rotatable bonds is 6. The first kappa shape index (κ1) is 29.3. The first-order chi connectivity index (χ1) is 14.6. The standard InChI is InChI=1S/C23H27N3O3S.3ClH/c1-25-9-11-26(12-10-25)15-16-5-4-6-17(13-16)21-22(27)24-23(30-21)18-7-8-19(28-2)20(14-18)29-3;;;/h4-8,13-14,27H,9-12,15H2,1-3H3;3*1H. The van der Waals surface area contributed by atoms with E-state index in [1.807, 2.05) is 24.3 Å². The number of hydrogen-bond acceptors (Lipinski definition) is 7. The van der Waals surface area contributed by atoms with Gasteiger partial charge in [-0.25, -0.2) is 4.98 Å². The zero-order valence-corrected chi connectivity index (χ0v) is 22.1. The van der Waals surface area contributed by atoms with E-state index in [1.54, 1.807) is 14.2 Å². The summed E-state index contributed by atoms with van der Waals surface area (Å²) in [5.41, 5.74) is 3.12. The summed E-state index contributed by atoms with van der Waals surface area (Å²) in [6.45, 7) is 5.28. The molecule has 0 saturated carbocycles. The number of ether oxygens (including phenoxy) is 2. The lowest BCUT2D eigenvalue weighted by Crippen LogP contribution is -2.43. The molecule has 0 radical (unpaired) electrons. The normalized spacial score (nSPS) is 13.9. The minimum Gasteiger partial charge on any atom is -0.493 e. The molecular formula is C23H30Cl3N3O3S. The molecule has 2 aromatic carbocycles. The average molecular weight is 535 g/mol. The van der Waals surface area contributed by atoms with Crippen LogP contribution in [-0.4, -0.2) is 67.3 Å². The monoisotopic (exact) mass is 533 g/mol. The Hall–Kier alpha value is -1.74. The van der Waals surface area contributed by atoms with E-state index in [0.29, 0.717) is 11.5 Å². The minimum atomic E-state index is 0. The highest BCUT2D eigenvalue weighted by atomic mass is 35.5. The highest BCUT2D eigenvalue weighted by Gasteiger charge is 2.17. The van der Waals surface area contributed by atoms with E-state index in [1.165, 1.54) is 16.9 Å². The predicted molar refractivity (Wildman–Crippen MR) is 142 cm³/mol. The Balaban J connectivity index is 0.00000181. The van der Waals surface area contributed by atoms with Crippen molar-refractivity contribution in [1.82, 2.24) is 14.8 Å². The van der Waals surface area contributed by atoms with Crippen LogP contribution in [0.25, 0.3) is 21.0 Å². The Labute approximate surface area is 217 Å². The Kier molecular flexibility index (Phi) is 11.7. The van der Waals surface area contributed by atoms with E-state index in [-0.39, 0.29) is 43.1 Å². The van der Waals surface area contributed by atoms with Gasteiger partial charge in [-0.05, 0) is 42.4 Å². The molecule has 0 amide bonds. The topological polar surface area (TPSA) is 58.1 Å². The van der Waals surface area contributed by atoms with Gasteiger partial charge in [-0.2, -0.15) is 0 Å². The fourth-order valence-electron chi connectivity index (χ4n) is 3.67. The number of benzene rings is 2. The number of aromatic hydroxyl groups is 1.